The van der Waals surface area contributed by atoms with Crippen molar-refractivity contribution < 1.29 is 9.34 Å². The molecule has 0 radical (unpaired) electrons. The van der Waals surface area contributed by atoms with Gasteiger partial charge >= 0.3 is 11.3 Å². The van der Waals surface area contributed by atoms with Gasteiger partial charge < -0.3 is 4.42 Å². The van der Waals surface area contributed by atoms with Crippen LogP contribution in [-0.2, 0) is 0 Å². The smallest absolute Gasteiger partial charge is 0.416 e. The minimum Gasteiger partial charge on any atom is -0.418 e. The van der Waals surface area contributed by atoms with Gasteiger partial charge in [-0.2, -0.15) is 0 Å². The maximum atomic E-state index is 11.8. The third kappa shape index (κ3) is 2.78. The Morgan fingerprint density at radius 2 is 1.90 bits per heavy atom. The predicted octanol–water partition coefficient (Wildman–Crippen LogP) is 2.93. The van der Waals surface area contributed by atoms with Crippen molar-refractivity contribution in [3.8, 4) is 11.5 Å². The van der Waals surface area contributed by atoms with E-state index in [2.05, 4.69) is 11.5 Å². The molecule has 0 aliphatic heterocycles. The number of rotatable bonds is 1. The van der Waals surface area contributed by atoms with E-state index in [1.54, 1.807) is 24.3 Å². The molecule has 2 aromatic rings. The van der Waals surface area contributed by atoms with Crippen LogP contribution in [0.5, 0.6) is 0 Å². The third-order valence-electron chi connectivity index (χ3n) is 2.53. The van der Waals surface area contributed by atoms with Crippen LogP contribution < -0.4 is 5.63 Å². The van der Waals surface area contributed by atoms with Crippen LogP contribution in [0.1, 0.15) is 5.56 Å². The summed E-state index contributed by atoms with van der Waals surface area (Å²) >= 11 is 0. The van der Waals surface area contributed by atoms with Gasteiger partial charge in [-0.05, 0) is 12.1 Å². The van der Waals surface area contributed by atoms with Crippen LogP contribution in [0, 0.1) is 21.6 Å². The Kier molecular flexibility index (Phi) is 3.47. The second-order valence-electron chi connectivity index (χ2n) is 5.37. The second-order valence-corrected chi connectivity index (χ2v) is 10.1. The Hall–Kier alpha value is -2.39. The summed E-state index contributed by atoms with van der Waals surface area (Å²) < 4.78 is 4.97. The third-order valence-corrected chi connectivity index (χ3v) is 3.41. The molecule has 6 heteroatoms. The molecule has 0 saturated heterocycles. The number of benzene rings is 1. The van der Waals surface area contributed by atoms with Crippen molar-refractivity contribution in [3.05, 3.63) is 50.4 Å². The van der Waals surface area contributed by atoms with Crippen molar-refractivity contribution in [2.75, 3.05) is 0 Å². The van der Waals surface area contributed by atoms with Gasteiger partial charge in [0, 0.05) is 5.39 Å². The molecule has 0 N–H and O–H groups in total. The second kappa shape index (κ2) is 4.94. The van der Waals surface area contributed by atoms with Crippen molar-refractivity contribution in [3.63, 3.8) is 0 Å². The van der Waals surface area contributed by atoms with Crippen molar-refractivity contribution in [2.45, 2.75) is 19.6 Å². The highest BCUT2D eigenvalue weighted by Crippen LogP contribution is 2.23. The van der Waals surface area contributed by atoms with Gasteiger partial charge in [0.25, 0.3) is 0 Å². The fourth-order valence-corrected chi connectivity index (χ4v) is 2.18. The van der Waals surface area contributed by atoms with Crippen LogP contribution in [0.4, 0.5) is 5.69 Å². The van der Waals surface area contributed by atoms with Crippen molar-refractivity contribution >= 4 is 24.7 Å². The number of hydrogen-bond acceptors (Lipinski definition) is 4. The number of hydrogen-bond donors (Lipinski definition) is 0. The minimum absolute atomic E-state index is 0.143. The van der Waals surface area contributed by atoms with E-state index in [4.69, 9.17) is 4.42 Å². The molecule has 2 rings (SSSR count). The zero-order valence-electron chi connectivity index (χ0n) is 11.4. The molecule has 1 heterocycles. The van der Waals surface area contributed by atoms with Gasteiger partial charge in [-0.15, -0.1) is 5.54 Å². The molecule has 20 heavy (non-hydrogen) atoms. The van der Waals surface area contributed by atoms with Crippen LogP contribution in [-0.4, -0.2) is 13.0 Å². The topological polar surface area (TPSA) is 73.3 Å². The summed E-state index contributed by atoms with van der Waals surface area (Å²) in [5, 5.41) is 11.6. The monoisotopic (exact) mass is 287 g/mol. The van der Waals surface area contributed by atoms with Crippen LogP contribution in [0.3, 0.4) is 0 Å². The molecule has 0 atom stereocenters. The summed E-state index contributed by atoms with van der Waals surface area (Å²) in [6.45, 7) is 6.08. The number of nitrogens with zero attached hydrogens (tertiary/aromatic N) is 1. The van der Waals surface area contributed by atoms with E-state index in [1.807, 2.05) is 19.6 Å². The van der Waals surface area contributed by atoms with Gasteiger partial charge in [0.05, 0.1) is 4.92 Å². The van der Waals surface area contributed by atoms with Gasteiger partial charge in [-0.25, -0.2) is 4.79 Å². The summed E-state index contributed by atoms with van der Waals surface area (Å²) in [7, 11) is -1.72. The summed E-state index contributed by atoms with van der Waals surface area (Å²) in [5.41, 5.74) is 1.96. The molecular weight excluding hydrogens is 274 g/mol. The summed E-state index contributed by atoms with van der Waals surface area (Å²) in [6.07, 6.45) is 0. The molecule has 1 aromatic carbocycles. The number of nitro groups is 1. The summed E-state index contributed by atoms with van der Waals surface area (Å²) in [5.74, 6) is 2.83. The van der Waals surface area contributed by atoms with Gasteiger partial charge in [0.1, 0.15) is 19.2 Å². The lowest BCUT2D eigenvalue weighted by molar-refractivity contribution is -0.387. The van der Waals surface area contributed by atoms with Crippen LogP contribution >= 0.6 is 0 Å². The number of fused-ring (bicyclic) bond motifs is 1. The van der Waals surface area contributed by atoms with Gasteiger partial charge in [-0.3, -0.25) is 10.1 Å². The van der Waals surface area contributed by atoms with Crippen molar-refractivity contribution in [1.82, 2.24) is 0 Å². The molecule has 102 valence electrons. The van der Waals surface area contributed by atoms with Crippen LogP contribution in [0.2, 0.25) is 19.6 Å². The predicted molar refractivity (Wildman–Crippen MR) is 79.4 cm³/mol. The SMILES string of the molecule is C[Si](C)(C)C#Cc1c([N+](=O)[O-])c(=O)oc2ccccc12. The average molecular weight is 287 g/mol. The molecule has 1 aromatic heterocycles. The fourth-order valence-electron chi connectivity index (χ4n) is 1.68. The molecule has 5 nitrogen and oxygen atoms in total. The van der Waals surface area contributed by atoms with Crippen LogP contribution in [0.15, 0.2) is 33.5 Å². The average Bonchev–Trinajstić information content (AvgIpc) is 2.33. The standard InChI is InChI=1S/C14H13NO4Si/c1-20(2,3)9-8-11-10-6-4-5-7-12(10)19-14(16)13(11)15(17)18/h4-7H,1-3H3. The summed E-state index contributed by atoms with van der Waals surface area (Å²) in [4.78, 5) is 22.1. The maximum Gasteiger partial charge on any atom is 0.416 e. The molecule has 0 fully saturated rings. The van der Waals surface area contributed by atoms with E-state index in [9.17, 15) is 14.9 Å². The molecule has 0 saturated carbocycles. The molecular formula is C14H13NO4Si. The first-order chi connectivity index (χ1) is 9.29. The molecule has 0 amide bonds. The first-order valence-electron chi connectivity index (χ1n) is 6.03. The Bertz CT molecular complexity index is 806. The summed E-state index contributed by atoms with van der Waals surface area (Å²) in [6, 6.07) is 6.69. The van der Waals surface area contributed by atoms with E-state index in [-0.39, 0.29) is 5.56 Å². The Morgan fingerprint density at radius 3 is 2.50 bits per heavy atom. The first kappa shape index (κ1) is 14.0. The van der Waals surface area contributed by atoms with Gasteiger partial charge in [0.15, 0.2) is 0 Å². The van der Waals surface area contributed by atoms with Gasteiger partial charge in [-0.1, -0.05) is 37.7 Å². The highest BCUT2D eigenvalue weighted by molar-refractivity contribution is 6.83. The zero-order chi connectivity index (χ0) is 14.9. The highest BCUT2D eigenvalue weighted by atomic mass is 28.3. The lowest BCUT2D eigenvalue weighted by Gasteiger charge is -2.04. The first-order valence-corrected chi connectivity index (χ1v) is 9.53. The molecule has 0 unspecified atom stereocenters. The molecule has 0 aliphatic rings. The fraction of sp³-hybridized carbons (Fsp3) is 0.214. The quantitative estimate of drug-likeness (QED) is 0.266. The maximum absolute atomic E-state index is 11.8. The molecule has 0 bridgehead atoms. The van der Waals surface area contributed by atoms with Crippen LogP contribution in [0.25, 0.3) is 11.0 Å². The Morgan fingerprint density at radius 1 is 1.25 bits per heavy atom. The Labute approximate surface area is 116 Å². The van der Waals surface area contributed by atoms with E-state index in [0.717, 1.165) is 0 Å². The van der Waals surface area contributed by atoms with Crippen molar-refractivity contribution in [2.24, 2.45) is 0 Å². The molecule has 0 aliphatic carbocycles. The van der Waals surface area contributed by atoms with Gasteiger partial charge in [0.2, 0.25) is 0 Å². The van der Waals surface area contributed by atoms with E-state index in [1.165, 1.54) is 0 Å². The Balaban J connectivity index is 2.89. The van der Waals surface area contributed by atoms with E-state index < -0.39 is 24.3 Å². The lowest BCUT2D eigenvalue weighted by atomic mass is 10.1. The van der Waals surface area contributed by atoms with E-state index in [0.29, 0.717) is 11.0 Å². The zero-order valence-corrected chi connectivity index (χ0v) is 12.4. The van der Waals surface area contributed by atoms with Crippen molar-refractivity contribution in [1.29, 1.82) is 0 Å². The lowest BCUT2D eigenvalue weighted by Crippen LogP contribution is -2.17. The highest BCUT2D eigenvalue weighted by Gasteiger charge is 2.23. The largest absolute Gasteiger partial charge is 0.418 e. The van der Waals surface area contributed by atoms with E-state index >= 15 is 0 Å². The normalized spacial score (nSPS) is 10.9. The number of para-hydroxylation sites is 1. The minimum atomic E-state index is -1.72. The molecule has 0 spiro atoms.